The third kappa shape index (κ3) is 2.37. The first-order valence-corrected chi connectivity index (χ1v) is 10.5. The molecule has 0 aromatic rings. The lowest BCUT2D eigenvalue weighted by Crippen LogP contribution is -2.51. The zero-order chi connectivity index (χ0) is 17.1. The van der Waals surface area contributed by atoms with E-state index < -0.39 is 8.25 Å². The Morgan fingerprint density at radius 3 is 2.67 bits per heavy atom. The monoisotopic (exact) mass is 351 g/mol. The highest BCUT2D eigenvalue weighted by Gasteiger charge is 2.60. The molecule has 0 spiro atoms. The van der Waals surface area contributed by atoms with Crippen molar-refractivity contribution in [1.29, 1.82) is 0 Å². The van der Waals surface area contributed by atoms with Crippen molar-refractivity contribution in [2.24, 2.45) is 28.6 Å². The molecule has 0 aromatic heterocycles. The Morgan fingerprint density at radius 2 is 1.92 bits per heavy atom. The zero-order valence-electron chi connectivity index (χ0n) is 14.7. The summed E-state index contributed by atoms with van der Waals surface area (Å²) < 4.78 is 16.6. The first-order valence-electron chi connectivity index (χ1n) is 9.41. The minimum Gasteiger partial charge on any atom is -0.295 e. The number of allylic oxidation sites excluding steroid dienone is 1. The van der Waals surface area contributed by atoms with Crippen LogP contribution in [0.4, 0.5) is 0 Å². The molecule has 1 N–H and O–H groups in total. The van der Waals surface area contributed by atoms with Gasteiger partial charge in [-0.05, 0) is 74.2 Å². The zero-order valence-corrected chi connectivity index (χ0v) is 15.6. The van der Waals surface area contributed by atoms with Crippen LogP contribution in [0.1, 0.15) is 65.2 Å². The van der Waals surface area contributed by atoms with Crippen LogP contribution in [0.25, 0.3) is 0 Å². The molecule has 132 valence electrons. The molecule has 0 aliphatic heterocycles. The summed E-state index contributed by atoms with van der Waals surface area (Å²) in [6, 6.07) is 0. The second kappa shape index (κ2) is 5.72. The predicted molar refractivity (Wildman–Crippen MR) is 91.4 cm³/mol. The molecule has 3 saturated carbocycles. The lowest BCUT2D eigenvalue weighted by molar-refractivity contribution is -0.117. The topological polar surface area (TPSA) is 63.6 Å². The summed E-state index contributed by atoms with van der Waals surface area (Å²) in [5, 5.41) is 0. The van der Waals surface area contributed by atoms with E-state index in [0.29, 0.717) is 30.0 Å². The van der Waals surface area contributed by atoms with E-state index in [4.69, 9.17) is 4.52 Å². The highest BCUT2D eigenvalue weighted by molar-refractivity contribution is 7.32. The lowest BCUT2D eigenvalue weighted by atomic mass is 9.47. The molecular weight excluding hydrogens is 323 g/mol. The van der Waals surface area contributed by atoms with E-state index in [0.717, 1.165) is 44.9 Å². The van der Waals surface area contributed by atoms with Crippen LogP contribution in [0.5, 0.6) is 0 Å². The average Bonchev–Trinajstić information content (AvgIpc) is 2.84. The van der Waals surface area contributed by atoms with Gasteiger partial charge < -0.3 is 0 Å². The number of hydrogen-bond donors (Lipinski definition) is 1. The second-order valence-corrected chi connectivity index (χ2v) is 9.61. The van der Waals surface area contributed by atoms with Gasteiger partial charge in [0.15, 0.2) is 5.78 Å². The van der Waals surface area contributed by atoms with Crippen LogP contribution >= 0.6 is 8.25 Å². The van der Waals surface area contributed by atoms with E-state index in [9.17, 15) is 14.3 Å². The van der Waals surface area contributed by atoms with Crippen molar-refractivity contribution in [2.75, 3.05) is 0 Å². The molecule has 0 aromatic carbocycles. The minimum absolute atomic E-state index is 0.0386. The molecule has 24 heavy (non-hydrogen) atoms. The smallest absolute Gasteiger partial charge is 0.295 e. The van der Waals surface area contributed by atoms with Gasteiger partial charge in [0.2, 0.25) is 0 Å². The van der Waals surface area contributed by atoms with Gasteiger partial charge in [0.1, 0.15) is 6.10 Å². The van der Waals surface area contributed by atoms with Crippen LogP contribution in [0.3, 0.4) is 0 Å². The second-order valence-electron chi connectivity index (χ2n) is 8.92. The van der Waals surface area contributed by atoms with Crippen molar-refractivity contribution in [3.63, 3.8) is 0 Å². The molecule has 3 fully saturated rings. The van der Waals surface area contributed by atoms with Gasteiger partial charge in [-0.1, -0.05) is 19.4 Å². The lowest BCUT2D eigenvalue weighted by Gasteiger charge is -2.57. The molecule has 0 saturated heterocycles. The normalized spacial score (nSPS) is 48.2. The van der Waals surface area contributed by atoms with Gasteiger partial charge in [-0.3, -0.25) is 4.79 Å². The summed E-state index contributed by atoms with van der Waals surface area (Å²) in [7, 11) is -2.52. The van der Waals surface area contributed by atoms with Crippen LogP contribution < -0.4 is 0 Å². The summed E-state index contributed by atoms with van der Waals surface area (Å²) in [6.45, 7) is 4.67. The number of carbonyl (C=O) groups is 1. The highest BCUT2D eigenvalue weighted by atomic mass is 31.1. The van der Waals surface area contributed by atoms with E-state index in [1.54, 1.807) is 0 Å². The van der Waals surface area contributed by atoms with Crippen molar-refractivity contribution in [1.82, 2.24) is 0 Å². The van der Waals surface area contributed by atoms with Crippen molar-refractivity contribution >= 4 is 14.0 Å². The van der Waals surface area contributed by atoms with Crippen molar-refractivity contribution < 1.29 is 18.8 Å². The maximum Gasteiger partial charge on any atom is 0.695 e. The fourth-order valence-corrected chi connectivity index (χ4v) is 7.36. The van der Waals surface area contributed by atoms with Crippen LogP contribution in [0.15, 0.2) is 11.6 Å². The Morgan fingerprint density at radius 1 is 1.12 bits per heavy atom. The Balaban J connectivity index is 1.62. The first kappa shape index (κ1) is 16.9. The van der Waals surface area contributed by atoms with Gasteiger partial charge in [0.25, 0.3) is 0 Å². The van der Waals surface area contributed by atoms with Crippen LogP contribution in [0.2, 0.25) is 0 Å². The number of ketones is 1. The van der Waals surface area contributed by atoms with Gasteiger partial charge in [-0.2, -0.15) is 0 Å². The Labute approximate surface area is 145 Å². The molecule has 4 aliphatic carbocycles. The van der Waals surface area contributed by atoms with E-state index in [-0.39, 0.29) is 16.9 Å². The summed E-state index contributed by atoms with van der Waals surface area (Å²) in [5.41, 5.74) is 1.63. The molecule has 7 atom stereocenters. The number of carbonyl (C=O) groups excluding carboxylic acids is 1. The molecular formula is C19H28O4P+. The van der Waals surface area contributed by atoms with E-state index >= 15 is 0 Å². The molecule has 4 rings (SSSR count). The summed E-state index contributed by atoms with van der Waals surface area (Å²) in [5.74, 6) is 2.23. The van der Waals surface area contributed by atoms with E-state index in [1.807, 2.05) is 6.08 Å². The van der Waals surface area contributed by atoms with Crippen LogP contribution in [0, 0.1) is 28.6 Å². The van der Waals surface area contributed by atoms with Gasteiger partial charge in [-0.15, -0.1) is 9.42 Å². The summed E-state index contributed by atoms with van der Waals surface area (Å²) >= 11 is 0. The van der Waals surface area contributed by atoms with Crippen molar-refractivity contribution in [3.05, 3.63) is 11.6 Å². The third-order valence-corrected chi connectivity index (χ3v) is 8.53. The van der Waals surface area contributed by atoms with Crippen molar-refractivity contribution in [2.45, 2.75) is 71.3 Å². The maximum absolute atomic E-state index is 11.9. The number of hydrogen-bond acceptors (Lipinski definition) is 3. The Kier molecular flexibility index (Phi) is 4.02. The third-order valence-electron chi connectivity index (χ3n) is 8.09. The molecule has 5 heteroatoms. The first-order chi connectivity index (χ1) is 11.3. The SMILES string of the molecule is C[C@]12CC[C@H]3[C@@H](CCC4=CC(=O)CC[C@@]43C)[C@@H]1CC[C@@H]2O[P+](=O)O. The van der Waals surface area contributed by atoms with Crippen LogP contribution in [-0.2, 0) is 13.9 Å². The average molecular weight is 351 g/mol. The van der Waals surface area contributed by atoms with Crippen molar-refractivity contribution in [3.8, 4) is 0 Å². The highest BCUT2D eigenvalue weighted by Crippen LogP contribution is 2.66. The molecule has 0 radical (unpaired) electrons. The van der Waals surface area contributed by atoms with Gasteiger partial charge in [0.05, 0.1) is 0 Å². The Hall–Kier alpha value is -0.570. The molecule has 4 nitrogen and oxygen atoms in total. The van der Waals surface area contributed by atoms with Crippen LogP contribution in [-0.4, -0.2) is 16.8 Å². The fourth-order valence-electron chi connectivity index (χ4n) is 6.79. The van der Waals surface area contributed by atoms with Gasteiger partial charge in [0, 0.05) is 16.4 Å². The minimum atomic E-state index is -2.52. The summed E-state index contributed by atoms with van der Waals surface area (Å²) in [6.07, 6.45) is 10.0. The Bertz CT molecular complexity index is 614. The largest absolute Gasteiger partial charge is 0.695 e. The number of fused-ring (bicyclic) bond motifs is 5. The maximum atomic E-state index is 11.9. The number of rotatable bonds is 2. The van der Waals surface area contributed by atoms with Gasteiger partial charge >= 0.3 is 8.25 Å². The molecule has 0 amide bonds. The van der Waals surface area contributed by atoms with E-state index in [1.165, 1.54) is 5.57 Å². The molecule has 1 unspecified atom stereocenters. The molecule has 0 heterocycles. The summed E-state index contributed by atoms with van der Waals surface area (Å²) in [4.78, 5) is 21.1. The molecule has 0 bridgehead atoms. The van der Waals surface area contributed by atoms with E-state index in [2.05, 4.69) is 13.8 Å². The standard InChI is InChI=1S/C19H27O4P/c1-18-9-7-13(20)11-12(18)3-4-14-15-5-6-17(23-24(21)22)19(15,2)10-8-16(14)18/h11,14-17H,3-10H2,1-2H3/p+1/t14-,15-,16-,17-,18-,19-/m0/s1. The molecule has 4 aliphatic rings. The van der Waals surface area contributed by atoms with Gasteiger partial charge in [-0.25, -0.2) is 0 Å². The predicted octanol–water partition coefficient (Wildman–Crippen LogP) is 4.55. The fraction of sp³-hybridized carbons (Fsp3) is 0.842. The quantitative estimate of drug-likeness (QED) is 0.741.